The van der Waals surface area contributed by atoms with Crippen LogP contribution >= 0.6 is 0 Å². The topological polar surface area (TPSA) is 37.9 Å². The number of imidazole rings is 1. The van der Waals surface area contributed by atoms with Crippen LogP contribution in [0.4, 0.5) is 0 Å². The molecular formula is C31H36N2O. The molecule has 0 unspecified atom stereocenters. The second-order valence-corrected chi connectivity index (χ2v) is 9.59. The first-order chi connectivity index (χ1) is 16.5. The number of aromatic amines is 1. The highest BCUT2D eigenvalue weighted by molar-refractivity contribution is 5.81. The molecule has 34 heavy (non-hydrogen) atoms. The third-order valence-electron chi connectivity index (χ3n) is 6.29. The molecule has 1 heterocycles. The maximum absolute atomic E-state index is 5.94. The Kier molecular flexibility index (Phi) is 7.52. The van der Waals surface area contributed by atoms with Crippen molar-refractivity contribution in [3.05, 3.63) is 83.9 Å². The monoisotopic (exact) mass is 452 g/mol. The van der Waals surface area contributed by atoms with Gasteiger partial charge in [-0.2, -0.15) is 0 Å². The lowest BCUT2D eigenvalue weighted by atomic mass is 9.97. The van der Waals surface area contributed by atoms with Crippen molar-refractivity contribution in [3.63, 3.8) is 0 Å². The molecule has 0 aliphatic rings. The normalized spacial score (nSPS) is 11.4. The number of rotatable bonds is 9. The molecule has 3 nitrogen and oxygen atoms in total. The quantitative estimate of drug-likeness (QED) is 0.258. The van der Waals surface area contributed by atoms with Crippen molar-refractivity contribution in [1.82, 2.24) is 9.97 Å². The van der Waals surface area contributed by atoms with Crippen LogP contribution < -0.4 is 4.74 Å². The van der Waals surface area contributed by atoms with Gasteiger partial charge >= 0.3 is 0 Å². The summed E-state index contributed by atoms with van der Waals surface area (Å²) in [6, 6.07) is 25.8. The van der Waals surface area contributed by atoms with Crippen LogP contribution in [0.1, 0.15) is 70.4 Å². The van der Waals surface area contributed by atoms with Crippen molar-refractivity contribution in [2.75, 3.05) is 6.61 Å². The molecule has 3 heteroatoms. The summed E-state index contributed by atoms with van der Waals surface area (Å²) in [5.74, 6) is 2.74. The lowest BCUT2D eigenvalue weighted by Crippen LogP contribution is -1.96. The number of nitrogens with one attached hydrogen (secondary N) is 1. The van der Waals surface area contributed by atoms with Gasteiger partial charge < -0.3 is 9.72 Å². The summed E-state index contributed by atoms with van der Waals surface area (Å²) in [6.07, 6.45) is 2.17. The minimum atomic E-state index is 0.502. The van der Waals surface area contributed by atoms with E-state index in [4.69, 9.17) is 9.72 Å². The van der Waals surface area contributed by atoms with Crippen molar-refractivity contribution < 1.29 is 4.74 Å². The zero-order valence-electron chi connectivity index (χ0n) is 21.1. The average molecular weight is 453 g/mol. The van der Waals surface area contributed by atoms with Gasteiger partial charge in [-0.05, 0) is 41.5 Å². The van der Waals surface area contributed by atoms with Gasteiger partial charge in [0.05, 0.1) is 18.0 Å². The largest absolute Gasteiger partial charge is 0.494 e. The summed E-state index contributed by atoms with van der Waals surface area (Å²) in [6.45, 7) is 11.8. The van der Waals surface area contributed by atoms with E-state index in [2.05, 4.69) is 100 Å². The summed E-state index contributed by atoms with van der Waals surface area (Å²) in [5.41, 5.74) is 7.97. The highest BCUT2D eigenvalue weighted by Crippen LogP contribution is 2.35. The van der Waals surface area contributed by atoms with Gasteiger partial charge in [-0.15, -0.1) is 0 Å². The first-order valence-corrected chi connectivity index (χ1v) is 12.5. The molecule has 1 N–H and O–H groups in total. The fourth-order valence-corrected chi connectivity index (χ4v) is 4.06. The summed E-state index contributed by atoms with van der Waals surface area (Å²) in [5, 5.41) is 0. The second-order valence-electron chi connectivity index (χ2n) is 9.59. The van der Waals surface area contributed by atoms with Gasteiger partial charge in [-0.25, -0.2) is 4.98 Å². The van der Waals surface area contributed by atoms with Gasteiger partial charge in [0, 0.05) is 16.7 Å². The molecule has 0 saturated heterocycles. The van der Waals surface area contributed by atoms with Crippen molar-refractivity contribution >= 4 is 0 Å². The van der Waals surface area contributed by atoms with Crippen LogP contribution in [0.5, 0.6) is 5.75 Å². The predicted molar refractivity (Wildman–Crippen MR) is 143 cm³/mol. The van der Waals surface area contributed by atoms with Crippen molar-refractivity contribution in [2.24, 2.45) is 0 Å². The molecular weight excluding hydrogens is 416 g/mol. The van der Waals surface area contributed by atoms with Gasteiger partial charge in [0.25, 0.3) is 0 Å². The Hall–Kier alpha value is -3.33. The van der Waals surface area contributed by atoms with Crippen LogP contribution in [0.2, 0.25) is 0 Å². The number of unbranched alkanes of at least 4 members (excludes halogenated alkanes) is 1. The Bertz CT molecular complexity index is 1130. The SMILES string of the molecule is CCCCOc1cccc(-c2nc(-c3ccc(C(C)C)cc3)c(-c3ccc(C(C)C)cc3)[nH]2)c1. The lowest BCUT2D eigenvalue weighted by molar-refractivity contribution is 0.309. The Balaban J connectivity index is 1.76. The lowest BCUT2D eigenvalue weighted by Gasteiger charge is -2.09. The maximum Gasteiger partial charge on any atom is 0.138 e. The Morgan fingerprint density at radius 2 is 1.38 bits per heavy atom. The first-order valence-electron chi connectivity index (χ1n) is 12.5. The van der Waals surface area contributed by atoms with Gasteiger partial charge in [-0.1, -0.05) is 102 Å². The number of hydrogen-bond acceptors (Lipinski definition) is 2. The van der Waals surface area contributed by atoms with Crippen LogP contribution in [0.25, 0.3) is 33.9 Å². The van der Waals surface area contributed by atoms with Crippen molar-refractivity contribution in [2.45, 2.75) is 59.3 Å². The predicted octanol–water partition coefficient (Wildman–Crippen LogP) is 8.84. The van der Waals surface area contributed by atoms with E-state index in [-0.39, 0.29) is 0 Å². The minimum Gasteiger partial charge on any atom is -0.494 e. The number of hydrogen-bond donors (Lipinski definition) is 1. The van der Waals surface area contributed by atoms with Crippen LogP contribution in [-0.2, 0) is 0 Å². The molecule has 0 aliphatic carbocycles. The van der Waals surface area contributed by atoms with E-state index in [0.717, 1.165) is 59.1 Å². The fourth-order valence-electron chi connectivity index (χ4n) is 4.06. The number of H-pyrrole nitrogens is 1. The van der Waals surface area contributed by atoms with E-state index >= 15 is 0 Å². The molecule has 0 saturated carbocycles. The molecule has 3 aromatic carbocycles. The van der Waals surface area contributed by atoms with Crippen LogP contribution in [0.3, 0.4) is 0 Å². The number of ether oxygens (including phenoxy) is 1. The Labute approximate surface area is 204 Å². The van der Waals surface area contributed by atoms with Crippen LogP contribution in [0.15, 0.2) is 72.8 Å². The van der Waals surface area contributed by atoms with Crippen LogP contribution in [-0.4, -0.2) is 16.6 Å². The van der Waals surface area contributed by atoms with Gasteiger partial charge in [-0.3, -0.25) is 0 Å². The van der Waals surface area contributed by atoms with E-state index in [0.29, 0.717) is 11.8 Å². The standard InChI is InChI=1S/C31H36N2O/c1-6-7-19-34-28-10-8-9-27(20-28)31-32-29(25-15-11-23(12-16-25)21(2)3)30(33-31)26-17-13-24(14-18-26)22(4)5/h8-18,20-22H,6-7,19H2,1-5H3,(H,32,33). The number of nitrogens with zero attached hydrogens (tertiary/aromatic N) is 1. The molecule has 0 radical (unpaired) electrons. The number of aromatic nitrogens is 2. The molecule has 4 aromatic rings. The number of benzene rings is 3. The molecule has 0 bridgehead atoms. The zero-order valence-corrected chi connectivity index (χ0v) is 21.1. The van der Waals surface area contributed by atoms with Gasteiger partial charge in [0.2, 0.25) is 0 Å². The van der Waals surface area contributed by atoms with E-state index in [1.165, 1.54) is 11.1 Å². The second kappa shape index (κ2) is 10.7. The summed E-state index contributed by atoms with van der Waals surface area (Å²) >= 11 is 0. The van der Waals surface area contributed by atoms with E-state index in [9.17, 15) is 0 Å². The van der Waals surface area contributed by atoms with E-state index < -0.39 is 0 Å². The Morgan fingerprint density at radius 3 is 1.97 bits per heavy atom. The zero-order chi connectivity index (χ0) is 24.1. The van der Waals surface area contributed by atoms with E-state index in [1.807, 2.05) is 12.1 Å². The molecule has 4 rings (SSSR count). The van der Waals surface area contributed by atoms with Crippen LogP contribution in [0, 0.1) is 0 Å². The highest BCUT2D eigenvalue weighted by Gasteiger charge is 2.16. The molecule has 0 aliphatic heterocycles. The molecule has 0 fully saturated rings. The maximum atomic E-state index is 5.94. The van der Waals surface area contributed by atoms with Gasteiger partial charge in [0.1, 0.15) is 11.6 Å². The smallest absolute Gasteiger partial charge is 0.138 e. The summed E-state index contributed by atoms with van der Waals surface area (Å²) in [7, 11) is 0. The molecule has 0 amide bonds. The molecule has 176 valence electrons. The molecule has 0 atom stereocenters. The van der Waals surface area contributed by atoms with E-state index in [1.54, 1.807) is 0 Å². The molecule has 1 aromatic heterocycles. The highest BCUT2D eigenvalue weighted by atomic mass is 16.5. The van der Waals surface area contributed by atoms with Gasteiger partial charge in [0.15, 0.2) is 0 Å². The average Bonchev–Trinajstić information content (AvgIpc) is 3.30. The third kappa shape index (κ3) is 5.41. The summed E-state index contributed by atoms with van der Waals surface area (Å²) < 4.78 is 5.94. The molecule has 0 spiro atoms. The van der Waals surface area contributed by atoms with Crippen molar-refractivity contribution in [1.29, 1.82) is 0 Å². The first kappa shape index (κ1) is 23.8. The minimum absolute atomic E-state index is 0.502. The van der Waals surface area contributed by atoms with Crippen molar-refractivity contribution in [3.8, 4) is 39.7 Å². The Morgan fingerprint density at radius 1 is 0.765 bits per heavy atom. The fraction of sp³-hybridized carbons (Fsp3) is 0.323. The third-order valence-corrected chi connectivity index (χ3v) is 6.29. The summed E-state index contributed by atoms with van der Waals surface area (Å²) in [4.78, 5) is 8.71.